The molecule has 166 valence electrons. The summed E-state index contributed by atoms with van der Waals surface area (Å²) in [5.41, 5.74) is 0.776. The number of hydrogen-bond acceptors (Lipinski definition) is 5. The van der Waals surface area contributed by atoms with E-state index in [1.807, 2.05) is 25.1 Å². The van der Waals surface area contributed by atoms with Crippen LogP contribution in [0.4, 0.5) is 15.0 Å². The van der Waals surface area contributed by atoms with Gasteiger partial charge in [-0.25, -0.2) is 14.2 Å². The summed E-state index contributed by atoms with van der Waals surface area (Å²) in [7, 11) is 0. The largest absolute Gasteiger partial charge is 0.354 e. The lowest BCUT2D eigenvalue weighted by atomic mass is 10.2. The lowest BCUT2D eigenvalue weighted by molar-refractivity contribution is -0.120. The van der Waals surface area contributed by atoms with E-state index in [9.17, 15) is 14.0 Å². The van der Waals surface area contributed by atoms with Crippen LogP contribution >= 0.6 is 0 Å². The number of aromatic nitrogens is 1. The lowest BCUT2D eigenvalue weighted by Crippen LogP contribution is -2.52. The Bertz CT molecular complexity index is 841. The highest BCUT2D eigenvalue weighted by Gasteiger charge is 2.20. The van der Waals surface area contributed by atoms with E-state index >= 15 is 0 Å². The second-order valence-electron chi connectivity index (χ2n) is 7.61. The summed E-state index contributed by atoms with van der Waals surface area (Å²) in [6.45, 7) is 6.46. The highest BCUT2D eigenvalue weighted by Crippen LogP contribution is 2.12. The Labute approximate surface area is 181 Å². The van der Waals surface area contributed by atoms with Crippen LogP contribution in [0.2, 0.25) is 0 Å². The topological polar surface area (TPSA) is 89.6 Å². The van der Waals surface area contributed by atoms with Crippen molar-refractivity contribution in [2.45, 2.75) is 19.5 Å². The van der Waals surface area contributed by atoms with Gasteiger partial charge in [0, 0.05) is 51.5 Å². The fraction of sp³-hybridized carbons (Fsp3) is 0.409. The third kappa shape index (κ3) is 7.53. The van der Waals surface area contributed by atoms with Crippen LogP contribution in [0.25, 0.3) is 0 Å². The molecule has 0 spiro atoms. The van der Waals surface area contributed by atoms with E-state index in [1.165, 1.54) is 12.1 Å². The van der Waals surface area contributed by atoms with E-state index in [2.05, 4.69) is 30.7 Å². The number of nitrogens with zero attached hydrogens (tertiary/aromatic N) is 3. The molecule has 9 heteroatoms. The summed E-state index contributed by atoms with van der Waals surface area (Å²) in [6.07, 6.45) is 1.80. The molecule has 2 heterocycles. The van der Waals surface area contributed by atoms with Crippen molar-refractivity contribution >= 4 is 17.8 Å². The average molecular weight is 429 g/mol. The molecule has 8 nitrogen and oxygen atoms in total. The number of amides is 3. The van der Waals surface area contributed by atoms with E-state index in [4.69, 9.17) is 0 Å². The first kappa shape index (κ1) is 22.5. The molecule has 1 saturated heterocycles. The summed E-state index contributed by atoms with van der Waals surface area (Å²) in [5.74, 6) is 0.429. The number of halogens is 1. The molecule has 1 aliphatic rings. The molecule has 1 atom stereocenters. The van der Waals surface area contributed by atoms with Crippen LogP contribution in [0.5, 0.6) is 0 Å². The Balaban J connectivity index is 1.29. The molecule has 31 heavy (non-hydrogen) atoms. The second kappa shape index (κ2) is 11.3. The Kier molecular flexibility index (Phi) is 8.17. The third-order valence-electron chi connectivity index (χ3n) is 5.06. The van der Waals surface area contributed by atoms with Gasteiger partial charge in [-0.2, -0.15) is 0 Å². The fourth-order valence-corrected chi connectivity index (χ4v) is 3.47. The van der Waals surface area contributed by atoms with Crippen LogP contribution in [0, 0.1) is 5.82 Å². The number of rotatable bonds is 8. The van der Waals surface area contributed by atoms with Gasteiger partial charge in [-0.3, -0.25) is 9.69 Å². The van der Waals surface area contributed by atoms with E-state index in [1.54, 1.807) is 18.3 Å². The van der Waals surface area contributed by atoms with Crippen molar-refractivity contribution in [3.05, 3.63) is 60.0 Å². The van der Waals surface area contributed by atoms with Gasteiger partial charge in [-0.1, -0.05) is 18.2 Å². The van der Waals surface area contributed by atoms with Gasteiger partial charge in [-0.15, -0.1) is 0 Å². The van der Waals surface area contributed by atoms with E-state index in [0.29, 0.717) is 0 Å². The summed E-state index contributed by atoms with van der Waals surface area (Å²) in [5, 5.41) is 8.09. The molecule has 1 aromatic carbocycles. The van der Waals surface area contributed by atoms with Crippen LogP contribution in [-0.2, 0) is 11.3 Å². The maximum absolute atomic E-state index is 12.9. The maximum atomic E-state index is 12.9. The molecule has 3 amide bonds. The summed E-state index contributed by atoms with van der Waals surface area (Å²) in [4.78, 5) is 32.9. The van der Waals surface area contributed by atoms with Gasteiger partial charge in [0.1, 0.15) is 11.6 Å². The van der Waals surface area contributed by atoms with Crippen molar-refractivity contribution in [2.24, 2.45) is 0 Å². The van der Waals surface area contributed by atoms with E-state index in [0.717, 1.165) is 44.1 Å². The number of benzene rings is 1. The molecule has 1 unspecified atom stereocenters. The molecule has 1 aromatic heterocycles. The minimum absolute atomic E-state index is 0.0297. The van der Waals surface area contributed by atoms with Crippen molar-refractivity contribution in [2.75, 3.05) is 44.2 Å². The number of nitrogens with one attached hydrogen (secondary N) is 3. The molecule has 2 aromatic rings. The monoisotopic (exact) mass is 428 g/mol. The Morgan fingerprint density at radius 3 is 2.48 bits per heavy atom. The molecule has 1 aliphatic heterocycles. The molecule has 0 bridgehead atoms. The number of piperazine rings is 1. The van der Waals surface area contributed by atoms with Gasteiger partial charge in [0.25, 0.3) is 0 Å². The van der Waals surface area contributed by atoms with Gasteiger partial charge in [0.2, 0.25) is 5.91 Å². The minimum atomic E-state index is -0.447. The lowest BCUT2D eigenvalue weighted by Gasteiger charge is -2.36. The van der Waals surface area contributed by atoms with Crippen LogP contribution in [0.15, 0.2) is 48.7 Å². The summed E-state index contributed by atoms with van der Waals surface area (Å²) >= 11 is 0. The van der Waals surface area contributed by atoms with E-state index in [-0.39, 0.29) is 30.9 Å². The number of anilines is 1. The maximum Gasteiger partial charge on any atom is 0.315 e. The van der Waals surface area contributed by atoms with Crippen molar-refractivity contribution in [3.8, 4) is 0 Å². The number of carbonyl (C=O) groups is 2. The molecule has 1 fully saturated rings. The van der Waals surface area contributed by atoms with E-state index < -0.39 is 6.03 Å². The summed E-state index contributed by atoms with van der Waals surface area (Å²) < 4.78 is 12.9. The average Bonchev–Trinajstić information content (AvgIpc) is 2.78. The number of urea groups is 1. The van der Waals surface area contributed by atoms with Crippen LogP contribution in [0.3, 0.4) is 0 Å². The normalized spacial score (nSPS) is 15.2. The first-order valence-corrected chi connectivity index (χ1v) is 10.4. The molecular formula is C22H29FN6O2. The highest BCUT2D eigenvalue weighted by molar-refractivity contribution is 5.84. The predicted molar refractivity (Wildman–Crippen MR) is 117 cm³/mol. The standard InChI is InChI=1S/C22H29FN6O2/c1-17(16-28-10-12-29(13-11-28)20-4-2-3-9-24-20)27-21(30)15-26-22(31)25-14-18-5-7-19(23)8-6-18/h2-9,17H,10-16H2,1H3,(H,27,30)(H2,25,26,31). The Hall–Kier alpha value is -3.20. The molecule has 0 aliphatic carbocycles. The van der Waals surface area contributed by atoms with Gasteiger partial charge in [-0.05, 0) is 36.8 Å². The Morgan fingerprint density at radius 1 is 1.06 bits per heavy atom. The van der Waals surface area contributed by atoms with Gasteiger partial charge < -0.3 is 20.9 Å². The predicted octanol–water partition coefficient (Wildman–Crippen LogP) is 1.35. The van der Waals surface area contributed by atoms with Crippen molar-refractivity contribution in [1.29, 1.82) is 0 Å². The fourth-order valence-electron chi connectivity index (χ4n) is 3.47. The van der Waals surface area contributed by atoms with Gasteiger partial charge >= 0.3 is 6.03 Å². The zero-order valence-electron chi connectivity index (χ0n) is 17.7. The quantitative estimate of drug-likeness (QED) is 0.591. The molecule has 3 N–H and O–H groups in total. The van der Waals surface area contributed by atoms with Crippen LogP contribution in [0.1, 0.15) is 12.5 Å². The Morgan fingerprint density at radius 2 is 1.81 bits per heavy atom. The first-order valence-electron chi connectivity index (χ1n) is 10.4. The zero-order chi connectivity index (χ0) is 22.1. The highest BCUT2D eigenvalue weighted by atomic mass is 19.1. The van der Waals surface area contributed by atoms with Crippen LogP contribution in [-0.4, -0.2) is 67.1 Å². The van der Waals surface area contributed by atoms with Gasteiger partial charge in [0.15, 0.2) is 0 Å². The van der Waals surface area contributed by atoms with Crippen LogP contribution < -0.4 is 20.9 Å². The molecular weight excluding hydrogens is 399 g/mol. The van der Waals surface area contributed by atoms with Crippen molar-refractivity contribution in [3.63, 3.8) is 0 Å². The molecule has 3 rings (SSSR count). The molecule has 0 radical (unpaired) electrons. The minimum Gasteiger partial charge on any atom is -0.354 e. The third-order valence-corrected chi connectivity index (χ3v) is 5.06. The molecule has 0 saturated carbocycles. The first-order chi connectivity index (χ1) is 15.0. The zero-order valence-corrected chi connectivity index (χ0v) is 17.7. The van der Waals surface area contributed by atoms with Crippen molar-refractivity contribution in [1.82, 2.24) is 25.8 Å². The number of carbonyl (C=O) groups excluding carboxylic acids is 2. The number of hydrogen-bond donors (Lipinski definition) is 3. The smallest absolute Gasteiger partial charge is 0.315 e. The number of pyridine rings is 1. The van der Waals surface area contributed by atoms with Crippen molar-refractivity contribution < 1.29 is 14.0 Å². The SMILES string of the molecule is CC(CN1CCN(c2ccccn2)CC1)NC(=O)CNC(=O)NCc1ccc(F)cc1. The van der Waals surface area contributed by atoms with Gasteiger partial charge in [0.05, 0.1) is 6.54 Å². The summed E-state index contributed by atoms with van der Waals surface area (Å²) in [6, 6.07) is 11.3. The second-order valence-corrected chi connectivity index (χ2v) is 7.61.